The minimum absolute atomic E-state index is 0.231. The van der Waals surface area contributed by atoms with Gasteiger partial charge in [0.25, 0.3) is 0 Å². The van der Waals surface area contributed by atoms with E-state index in [1.807, 2.05) is 6.08 Å². The number of rotatable bonds is 67. The minimum atomic E-state index is -1.98. The Bertz CT molecular complexity index is 2490. The Morgan fingerprint density at radius 2 is 0.633 bits per heavy atom. The highest BCUT2D eigenvalue weighted by molar-refractivity contribution is 5.76. The van der Waals surface area contributed by atoms with Crippen LogP contribution in [0.3, 0.4) is 0 Å². The number of hydrogen-bond donors (Lipinski definition) is 12. The molecular weight excluding hydrogens is 1380 g/mol. The predicted octanol–water partition coefficient (Wildman–Crippen LogP) is 15.6. The zero-order valence-electron chi connectivity index (χ0n) is 67.2. The van der Waals surface area contributed by atoms with Crippen LogP contribution in [0.15, 0.2) is 134 Å². The lowest BCUT2D eigenvalue weighted by atomic mass is 9.96. The number of unbranched alkanes of at least 4 members (excludes halogenated alkanes) is 31. The first-order valence-corrected chi connectivity index (χ1v) is 42.9. The number of allylic oxidation sites excluding steroid dienone is 21. The summed E-state index contributed by atoms with van der Waals surface area (Å²) in [6.07, 6.45) is 71.4. The molecule has 109 heavy (non-hydrogen) atoms. The monoisotopic (exact) mass is 1540 g/mol. The first-order chi connectivity index (χ1) is 53.3. The zero-order chi connectivity index (χ0) is 78.8. The summed E-state index contributed by atoms with van der Waals surface area (Å²) in [5.74, 6) is -0.282. The second-order valence-corrected chi connectivity index (χ2v) is 29.9. The molecule has 3 fully saturated rings. The van der Waals surface area contributed by atoms with Crippen LogP contribution in [-0.4, -0.2) is 193 Å². The highest BCUT2D eigenvalue weighted by Gasteiger charge is 2.54. The third-order valence-electron chi connectivity index (χ3n) is 20.5. The highest BCUT2D eigenvalue weighted by atomic mass is 16.8. The lowest BCUT2D eigenvalue weighted by Crippen LogP contribution is -2.66. The molecule has 0 bridgehead atoms. The Balaban J connectivity index is 1.34. The van der Waals surface area contributed by atoms with Gasteiger partial charge in [0.05, 0.1) is 38.6 Å². The van der Waals surface area contributed by atoms with Crippen LogP contribution in [0.2, 0.25) is 0 Å². The van der Waals surface area contributed by atoms with Crippen molar-refractivity contribution in [3.05, 3.63) is 134 Å². The van der Waals surface area contributed by atoms with Crippen LogP contribution in [0.25, 0.3) is 0 Å². The molecule has 3 aliphatic rings. The summed E-state index contributed by atoms with van der Waals surface area (Å²) in [7, 11) is 0. The average Bonchev–Trinajstić information content (AvgIpc) is 0.760. The fourth-order valence-corrected chi connectivity index (χ4v) is 13.6. The van der Waals surface area contributed by atoms with E-state index < -0.39 is 124 Å². The average molecular weight is 1540 g/mol. The fraction of sp³-hybridized carbons (Fsp3) is 0.744. The van der Waals surface area contributed by atoms with Crippen molar-refractivity contribution in [2.75, 3.05) is 26.4 Å². The van der Waals surface area contributed by atoms with Crippen molar-refractivity contribution in [3.63, 3.8) is 0 Å². The molecule has 0 aromatic carbocycles. The Morgan fingerprint density at radius 1 is 0.339 bits per heavy atom. The maximum Gasteiger partial charge on any atom is 0.220 e. The maximum atomic E-state index is 13.5. The van der Waals surface area contributed by atoms with Crippen LogP contribution in [0.1, 0.15) is 296 Å². The van der Waals surface area contributed by atoms with Crippen molar-refractivity contribution in [2.24, 2.45) is 0 Å². The van der Waals surface area contributed by atoms with Gasteiger partial charge >= 0.3 is 0 Å². The van der Waals surface area contributed by atoms with Gasteiger partial charge in [0.2, 0.25) is 5.91 Å². The first kappa shape index (κ1) is 99.1. The molecule has 0 radical (unpaired) electrons. The van der Waals surface area contributed by atoms with E-state index >= 15 is 0 Å². The largest absolute Gasteiger partial charge is 0.394 e. The molecule has 3 rings (SSSR count). The molecule has 1 amide bonds. The molecule has 0 saturated carbocycles. The van der Waals surface area contributed by atoms with Crippen molar-refractivity contribution >= 4 is 5.91 Å². The minimum Gasteiger partial charge on any atom is -0.394 e. The SMILES string of the molecule is CC/C=C\C/C=C\C/C=C\C/C=C\C/C=C\C/C=C\C/C=C\C/C=C\C/C=C\C/C=C\CCCCCCCCCCCCC(=O)NC(COC1OC(CO)C(OC2OC(CO)C(OC3OC(CO)C(O)C(O)C3O)C(O)C2O)C(O)C1O)C(O)/C=C/CCCCCCCCCCCCCCCCCCCCCCC. The number of carbonyl (C=O) groups excluding carboxylic acids is 1. The maximum absolute atomic E-state index is 13.5. The summed E-state index contributed by atoms with van der Waals surface area (Å²) in [5.41, 5.74) is 0. The summed E-state index contributed by atoms with van der Waals surface area (Å²) < 4.78 is 34.5. The van der Waals surface area contributed by atoms with Gasteiger partial charge < -0.3 is 89.9 Å². The quantitative estimate of drug-likeness (QED) is 0.0199. The van der Waals surface area contributed by atoms with Gasteiger partial charge in [0.15, 0.2) is 18.9 Å². The fourth-order valence-electron chi connectivity index (χ4n) is 13.6. The number of amides is 1. The van der Waals surface area contributed by atoms with E-state index in [-0.39, 0.29) is 18.9 Å². The van der Waals surface area contributed by atoms with Crippen molar-refractivity contribution in [1.29, 1.82) is 0 Å². The molecule has 626 valence electrons. The number of carbonyl (C=O) groups is 1. The molecule has 17 unspecified atom stereocenters. The Labute approximate surface area is 658 Å². The molecule has 19 heteroatoms. The Hall–Kier alpha value is -4.07. The van der Waals surface area contributed by atoms with Crippen LogP contribution in [0, 0.1) is 0 Å². The lowest BCUT2D eigenvalue weighted by Gasteiger charge is -2.48. The number of hydrogen-bond acceptors (Lipinski definition) is 18. The van der Waals surface area contributed by atoms with Crippen LogP contribution >= 0.6 is 0 Å². The molecule has 17 atom stereocenters. The number of aliphatic hydroxyl groups is 11. The van der Waals surface area contributed by atoms with Crippen molar-refractivity contribution < 1.29 is 89.4 Å². The van der Waals surface area contributed by atoms with Gasteiger partial charge in [-0.15, -0.1) is 0 Å². The second-order valence-electron chi connectivity index (χ2n) is 29.9. The highest BCUT2D eigenvalue weighted by Crippen LogP contribution is 2.33. The molecule has 19 nitrogen and oxygen atoms in total. The van der Waals surface area contributed by atoms with Gasteiger partial charge in [-0.05, 0) is 96.3 Å². The van der Waals surface area contributed by atoms with Gasteiger partial charge in [-0.1, -0.05) is 327 Å². The van der Waals surface area contributed by atoms with E-state index in [1.54, 1.807) is 6.08 Å². The van der Waals surface area contributed by atoms with Crippen LogP contribution in [0.5, 0.6) is 0 Å². The van der Waals surface area contributed by atoms with Crippen molar-refractivity contribution in [1.82, 2.24) is 5.32 Å². The Kier molecular flexibility index (Phi) is 62.2. The molecule has 12 N–H and O–H groups in total. The standard InChI is InChI=1S/C90H153NO18/c1-3-5-7-9-11-13-15-17-19-21-23-25-27-28-29-30-31-32-33-34-35-36-37-38-39-40-41-42-43-44-46-48-50-52-54-56-58-60-62-64-66-68-78(96)91-73(74(95)67-65-63-61-59-57-55-53-51-49-47-45-26-24-22-20-18-16-14-12-10-8-6-4-2)72-104-88-84(102)81(99)86(76(70-93)106-88)109-90-85(103)82(100)87(77(71-94)107-90)108-89-83(101)80(98)79(97)75(69-92)105-89/h5,7,11,13,17,19,23,25,28-29,31-32,34-35,37-38,40-41,43-44,65,67,73-77,79-90,92-95,97-103H,3-4,6,8-10,12,14-16,18,20-22,24,26-27,30,33,36,39,42,45-64,66,68-72H2,1-2H3,(H,91,96)/b7-5-,13-11-,19-17-,25-23-,29-28-,32-31-,35-34-,38-37-,41-40-,44-43-,67-65+. The molecule has 3 heterocycles. The van der Waals surface area contributed by atoms with Crippen molar-refractivity contribution in [2.45, 2.75) is 401 Å². The normalized spacial score (nSPS) is 26.0. The van der Waals surface area contributed by atoms with Crippen LogP contribution in [0.4, 0.5) is 0 Å². The summed E-state index contributed by atoms with van der Waals surface area (Å²) in [5, 5.41) is 121. The summed E-state index contributed by atoms with van der Waals surface area (Å²) >= 11 is 0. The van der Waals surface area contributed by atoms with E-state index in [9.17, 15) is 61.0 Å². The summed E-state index contributed by atoms with van der Waals surface area (Å²) in [6, 6.07) is -0.986. The van der Waals surface area contributed by atoms with E-state index in [0.29, 0.717) is 6.42 Å². The lowest BCUT2D eigenvalue weighted by molar-refractivity contribution is -0.379. The second kappa shape index (κ2) is 68.3. The van der Waals surface area contributed by atoms with E-state index in [4.69, 9.17) is 28.4 Å². The smallest absolute Gasteiger partial charge is 0.220 e. The third-order valence-corrected chi connectivity index (χ3v) is 20.5. The molecule has 3 saturated heterocycles. The summed E-state index contributed by atoms with van der Waals surface area (Å²) in [4.78, 5) is 13.5. The number of ether oxygens (including phenoxy) is 6. The van der Waals surface area contributed by atoms with Crippen LogP contribution in [-0.2, 0) is 33.2 Å². The van der Waals surface area contributed by atoms with Gasteiger partial charge in [-0.2, -0.15) is 0 Å². The van der Waals surface area contributed by atoms with Gasteiger partial charge in [0.1, 0.15) is 73.2 Å². The van der Waals surface area contributed by atoms with E-state index in [2.05, 4.69) is 141 Å². The van der Waals surface area contributed by atoms with Crippen LogP contribution < -0.4 is 5.32 Å². The number of aliphatic hydroxyl groups excluding tert-OH is 11. The molecule has 0 aliphatic carbocycles. The molecule has 0 aromatic heterocycles. The van der Waals surface area contributed by atoms with Gasteiger partial charge in [-0.25, -0.2) is 0 Å². The molecule has 3 aliphatic heterocycles. The summed E-state index contributed by atoms with van der Waals surface area (Å²) in [6.45, 7) is 1.64. The van der Waals surface area contributed by atoms with E-state index in [0.717, 1.165) is 122 Å². The van der Waals surface area contributed by atoms with Gasteiger partial charge in [-0.3, -0.25) is 4.79 Å². The van der Waals surface area contributed by atoms with Crippen molar-refractivity contribution in [3.8, 4) is 0 Å². The van der Waals surface area contributed by atoms with E-state index in [1.165, 1.54) is 148 Å². The third kappa shape index (κ3) is 47.4. The van der Waals surface area contributed by atoms with Gasteiger partial charge in [0, 0.05) is 6.42 Å². The molecule has 0 spiro atoms. The molecule has 0 aromatic rings. The number of nitrogens with one attached hydrogen (secondary N) is 1. The zero-order valence-corrected chi connectivity index (χ0v) is 67.2. The molecular formula is C90H153NO18. The first-order valence-electron chi connectivity index (χ1n) is 42.9. The predicted molar refractivity (Wildman–Crippen MR) is 438 cm³/mol. The topological polar surface area (TPSA) is 307 Å². The Morgan fingerprint density at radius 3 is 0.991 bits per heavy atom.